The first-order valence-electron chi connectivity index (χ1n) is 9.50. The predicted molar refractivity (Wildman–Crippen MR) is 127 cm³/mol. The van der Waals surface area contributed by atoms with Crippen molar-refractivity contribution < 1.29 is 19.1 Å². The van der Waals surface area contributed by atoms with Crippen LogP contribution in [0.2, 0.25) is 10.0 Å². The molecule has 1 N–H and O–H groups in total. The van der Waals surface area contributed by atoms with Crippen molar-refractivity contribution in [3.8, 4) is 5.75 Å². The van der Waals surface area contributed by atoms with Crippen molar-refractivity contribution in [1.29, 1.82) is 0 Å². The standard InChI is InChI=1S/C23H14Cl2FN3O3S/c24-17-3-1-2-4-19(17)28-27-16-7-8-20(30)14(9-16)10-21-22(31)29(23(32)33-21)12-13-5-6-15(26)11-18(13)25/h1-11,30H,12H2/b21-10-,28-27?. The van der Waals surface area contributed by atoms with Crippen LogP contribution in [0.3, 0.4) is 0 Å². The topological polar surface area (TPSA) is 82.3 Å². The van der Waals surface area contributed by atoms with E-state index >= 15 is 0 Å². The number of thioether (sulfide) groups is 1. The van der Waals surface area contributed by atoms with E-state index in [1.54, 1.807) is 30.3 Å². The highest BCUT2D eigenvalue weighted by molar-refractivity contribution is 8.18. The van der Waals surface area contributed by atoms with Crippen molar-refractivity contribution in [2.75, 3.05) is 0 Å². The molecule has 3 aromatic rings. The molecule has 1 aliphatic rings. The Kier molecular flexibility index (Phi) is 6.78. The number of halogens is 3. The van der Waals surface area contributed by atoms with E-state index in [0.29, 0.717) is 22.0 Å². The Morgan fingerprint density at radius 3 is 2.55 bits per heavy atom. The van der Waals surface area contributed by atoms with Crippen molar-refractivity contribution in [2.45, 2.75) is 6.54 Å². The number of phenols is 1. The fraction of sp³-hybridized carbons (Fsp3) is 0.0435. The number of phenolic OH excluding ortho intramolecular Hbond substituents is 1. The zero-order valence-electron chi connectivity index (χ0n) is 16.7. The van der Waals surface area contributed by atoms with Gasteiger partial charge < -0.3 is 5.11 Å². The molecule has 6 nitrogen and oxygen atoms in total. The fourth-order valence-corrected chi connectivity index (χ4v) is 4.19. The van der Waals surface area contributed by atoms with Gasteiger partial charge in [-0.05, 0) is 65.9 Å². The first-order valence-corrected chi connectivity index (χ1v) is 11.1. The molecule has 3 aromatic carbocycles. The minimum absolute atomic E-state index is 0.0972. The van der Waals surface area contributed by atoms with Gasteiger partial charge in [0.1, 0.15) is 17.3 Å². The SMILES string of the molecule is O=C1S/C(=C\c2cc(N=Nc3ccccc3Cl)ccc2O)C(=O)N1Cc1ccc(F)cc1Cl. The minimum atomic E-state index is -0.548. The molecule has 0 saturated carbocycles. The monoisotopic (exact) mass is 501 g/mol. The summed E-state index contributed by atoms with van der Waals surface area (Å²) >= 11 is 12.8. The number of benzene rings is 3. The number of azo groups is 1. The molecule has 0 unspecified atom stereocenters. The normalized spacial score (nSPS) is 15.2. The van der Waals surface area contributed by atoms with E-state index in [9.17, 15) is 19.1 Å². The Hall–Kier alpha value is -3.20. The van der Waals surface area contributed by atoms with Gasteiger partial charge in [-0.3, -0.25) is 14.5 Å². The molecule has 10 heteroatoms. The molecule has 1 saturated heterocycles. The van der Waals surface area contributed by atoms with Crippen LogP contribution >= 0.6 is 35.0 Å². The van der Waals surface area contributed by atoms with Gasteiger partial charge in [-0.2, -0.15) is 5.11 Å². The molecule has 0 atom stereocenters. The van der Waals surface area contributed by atoms with Crippen LogP contribution in [-0.2, 0) is 11.3 Å². The van der Waals surface area contributed by atoms with Gasteiger partial charge in [0.05, 0.1) is 22.2 Å². The van der Waals surface area contributed by atoms with Crippen LogP contribution in [-0.4, -0.2) is 21.2 Å². The van der Waals surface area contributed by atoms with Crippen LogP contribution in [0.1, 0.15) is 11.1 Å². The summed E-state index contributed by atoms with van der Waals surface area (Å²) in [6, 6.07) is 15.2. The third kappa shape index (κ3) is 5.24. The molecular weight excluding hydrogens is 488 g/mol. The van der Waals surface area contributed by atoms with E-state index in [1.165, 1.54) is 30.3 Å². The van der Waals surface area contributed by atoms with Gasteiger partial charge in [0.2, 0.25) is 0 Å². The van der Waals surface area contributed by atoms with Crippen molar-refractivity contribution in [2.24, 2.45) is 10.2 Å². The molecule has 0 aromatic heterocycles. The molecule has 1 aliphatic heterocycles. The maximum atomic E-state index is 13.3. The summed E-state index contributed by atoms with van der Waals surface area (Å²) in [6.07, 6.45) is 1.40. The number of rotatable bonds is 5. The van der Waals surface area contributed by atoms with Gasteiger partial charge >= 0.3 is 0 Å². The molecule has 2 amide bonds. The number of hydrogen-bond donors (Lipinski definition) is 1. The second-order valence-corrected chi connectivity index (χ2v) is 8.71. The lowest BCUT2D eigenvalue weighted by Gasteiger charge is -2.13. The van der Waals surface area contributed by atoms with Crippen molar-refractivity contribution in [3.05, 3.63) is 92.6 Å². The average molecular weight is 502 g/mol. The lowest BCUT2D eigenvalue weighted by molar-refractivity contribution is -0.123. The molecule has 0 bridgehead atoms. The summed E-state index contributed by atoms with van der Waals surface area (Å²) < 4.78 is 13.3. The van der Waals surface area contributed by atoms with E-state index in [0.717, 1.165) is 22.7 Å². The van der Waals surface area contributed by atoms with Crippen LogP contribution in [0, 0.1) is 5.82 Å². The highest BCUT2D eigenvalue weighted by atomic mass is 35.5. The van der Waals surface area contributed by atoms with Gasteiger partial charge in [-0.25, -0.2) is 4.39 Å². The molecule has 33 heavy (non-hydrogen) atoms. The number of amides is 2. The third-order valence-corrected chi connectivity index (χ3v) is 6.22. The van der Waals surface area contributed by atoms with Crippen LogP contribution in [0.25, 0.3) is 6.08 Å². The second kappa shape index (κ2) is 9.74. The fourth-order valence-electron chi connectivity index (χ4n) is 2.96. The van der Waals surface area contributed by atoms with Gasteiger partial charge in [-0.1, -0.05) is 41.4 Å². The first kappa shape index (κ1) is 23.0. The molecule has 1 fully saturated rings. The largest absolute Gasteiger partial charge is 0.507 e. The summed E-state index contributed by atoms with van der Waals surface area (Å²) in [5, 5.41) is 18.5. The number of carbonyl (C=O) groups excluding carboxylic acids is 2. The summed E-state index contributed by atoms with van der Waals surface area (Å²) in [5.74, 6) is -1.16. The number of aromatic hydroxyl groups is 1. The maximum Gasteiger partial charge on any atom is 0.293 e. The average Bonchev–Trinajstić information content (AvgIpc) is 3.04. The van der Waals surface area contributed by atoms with Crippen LogP contribution < -0.4 is 0 Å². The molecular formula is C23H14Cl2FN3O3S. The van der Waals surface area contributed by atoms with Gasteiger partial charge in [0.25, 0.3) is 11.1 Å². The molecule has 0 aliphatic carbocycles. The molecule has 0 spiro atoms. The van der Waals surface area contributed by atoms with E-state index in [4.69, 9.17) is 23.2 Å². The van der Waals surface area contributed by atoms with Gasteiger partial charge in [0.15, 0.2) is 0 Å². The summed E-state index contributed by atoms with van der Waals surface area (Å²) in [4.78, 5) is 26.3. The Morgan fingerprint density at radius 2 is 1.79 bits per heavy atom. The molecule has 166 valence electrons. The lowest BCUT2D eigenvalue weighted by atomic mass is 10.1. The second-order valence-electron chi connectivity index (χ2n) is 6.90. The molecule has 4 rings (SSSR count). The number of imide groups is 1. The zero-order chi connectivity index (χ0) is 23.5. The number of nitrogens with zero attached hydrogens (tertiary/aromatic N) is 3. The minimum Gasteiger partial charge on any atom is -0.507 e. The Balaban J connectivity index is 1.57. The smallest absolute Gasteiger partial charge is 0.293 e. The van der Waals surface area contributed by atoms with Crippen LogP contribution in [0.4, 0.5) is 20.6 Å². The van der Waals surface area contributed by atoms with E-state index < -0.39 is 17.0 Å². The van der Waals surface area contributed by atoms with Crippen molar-refractivity contribution in [3.63, 3.8) is 0 Å². The van der Waals surface area contributed by atoms with E-state index in [1.807, 2.05) is 0 Å². The van der Waals surface area contributed by atoms with Crippen LogP contribution in [0.5, 0.6) is 5.75 Å². The Morgan fingerprint density at radius 1 is 1.00 bits per heavy atom. The molecule has 0 radical (unpaired) electrons. The zero-order valence-corrected chi connectivity index (χ0v) is 19.0. The van der Waals surface area contributed by atoms with E-state index in [2.05, 4.69) is 10.2 Å². The third-order valence-electron chi connectivity index (χ3n) is 4.64. The summed E-state index contributed by atoms with van der Waals surface area (Å²) in [6.45, 7) is -0.0980. The predicted octanol–water partition coefficient (Wildman–Crippen LogP) is 7.49. The lowest BCUT2D eigenvalue weighted by Crippen LogP contribution is -2.27. The van der Waals surface area contributed by atoms with Crippen LogP contribution in [0.15, 0.2) is 75.8 Å². The highest BCUT2D eigenvalue weighted by Crippen LogP contribution is 2.36. The van der Waals surface area contributed by atoms with E-state index in [-0.39, 0.29) is 27.8 Å². The highest BCUT2D eigenvalue weighted by Gasteiger charge is 2.35. The maximum absolute atomic E-state index is 13.3. The first-order chi connectivity index (χ1) is 15.8. The Labute approximate surface area is 202 Å². The quantitative estimate of drug-likeness (QED) is 0.290. The summed E-state index contributed by atoms with van der Waals surface area (Å²) in [7, 11) is 0. The Bertz CT molecular complexity index is 1330. The van der Waals surface area contributed by atoms with Crippen molar-refractivity contribution in [1.82, 2.24) is 4.90 Å². The number of carbonyl (C=O) groups is 2. The number of hydrogen-bond acceptors (Lipinski definition) is 6. The summed E-state index contributed by atoms with van der Waals surface area (Å²) in [5.41, 5.74) is 1.62. The molecule has 1 heterocycles. The van der Waals surface area contributed by atoms with Gasteiger partial charge in [-0.15, -0.1) is 5.11 Å². The van der Waals surface area contributed by atoms with Gasteiger partial charge in [0, 0.05) is 10.6 Å². The van der Waals surface area contributed by atoms with Crippen molar-refractivity contribution >= 4 is 63.6 Å².